The smallest absolute Gasteiger partial charge is 0.399 e. The lowest BCUT2D eigenvalue weighted by Gasteiger charge is -2.19. The maximum absolute atomic E-state index is 14.4. The van der Waals surface area contributed by atoms with E-state index in [2.05, 4.69) is 31.0 Å². The van der Waals surface area contributed by atoms with Crippen LogP contribution in [-0.4, -0.2) is 41.5 Å². The van der Waals surface area contributed by atoms with Crippen molar-refractivity contribution in [3.8, 4) is 22.1 Å². The van der Waals surface area contributed by atoms with E-state index in [0.29, 0.717) is 27.6 Å². The predicted molar refractivity (Wildman–Crippen MR) is 162 cm³/mol. The average Bonchev–Trinajstić information content (AvgIpc) is 3.39. The Hall–Kier alpha value is -4.40. The molecule has 5 aromatic rings. The van der Waals surface area contributed by atoms with Crippen molar-refractivity contribution >= 4 is 46.7 Å². The van der Waals surface area contributed by atoms with Gasteiger partial charge in [-0.2, -0.15) is 18.9 Å². The molecule has 45 heavy (non-hydrogen) atoms. The molecule has 16 heteroatoms. The third-order valence-corrected chi connectivity index (χ3v) is 8.82. The van der Waals surface area contributed by atoms with Crippen LogP contribution in [-0.2, 0) is 16.8 Å². The molecule has 0 aliphatic heterocycles. The fraction of sp³-hybridized carbons (Fsp3) is 0.0690. The summed E-state index contributed by atoms with van der Waals surface area (Å²) in [7, 11) is -5.79. The molecule has 0 bridgehead atoms. The van der Waals surface area contributed by atoms with Gasteiger partial charge in [0.1, 0.15) is 16.5 Å². The minimum absolute atomic E-state index is 0.0442. The summed E-state index contributed by atoms with van der Waals surface area (Å²) in [4.78, 5) is 50.8. The van der Waals surface area contributed by atoms with Crippen LogP contribution in [0.1, 0.15) is 31.8 Å². The molecule has 0 aliphatic rings. The number of benzene rings is 3. The topological polar surface area (TPSA) is 164 Å². The van der Waals surface area contributed by atoms with Gasteiger partial charge in [-0.05, 0) is 54.1 Å². The molecule has 230 valence electrons. The van der Waals surface area contributed by atoms with E-state index in [0.717, 1.165) is 17.4 Å². The lowest BCUT2D eigenvalue weighted by Crippen LogP contribution is -2.20. The Kier molecular flexibility index (Phi) is 9.18. The van der Waals surface area contributed by atoms with Gasteiger partial charge in [0.25, 0.3) is 5.91 Å². The van der Waals surface area contributed by atoms with Gasteiger partial charge in [-0.15, -0.1) is 0 Å². The van der Waals surface area contributed by atoms with E-state index < -0.39 is 30.7 Å². The van der Waals surface area contributed by atoms with Crippen LogP contribution >= 0.6 is 34.9 Å². The number of carbonyl (C=O) groups is 2. The van der Waals surface area contributed by atoms with Gasteiger partial charge in [-0.25, -0.2) is 9.48 Å². The van der Waals surface area contributed by atoms with Crippen molar-refractivity contribution in [3.63, 3.8) is 0 Å². The van der Waals surface area contributed by atoms with E-state index in [-0.39, 0.29) is 26.9 Å². The van der Waals surface area contributed by atoms with Crippen LogP contribution in [0.5, 0.6) is 11.5 Å². The van der Waals surface area contributed by atoms with Gasteiger partial charge in [-0.3, -0.25) is 14.3 Å². The van der Waals surface area contributed by atoms with E-state index in [1.165, 1.54) is 53.5 Å². The molecule has 0 unspecified atom stereocenters. The Morgan fingerprint density at radius 3 is 2.33 bits per heavy atom. The van der Waals surface area contributed by atoms with E-state index in [9.17, 15) is 28.0 Å². The van der Waals surface area contributed by atoms with Gasteiger partial charge < -0.3 is 19.6 Å². The zero-order chi connectivity index (χ0) is 32.4. The average molecular weight is 717 g/mol. The first-order chi connectivity index (χ1) is 21.3. The lowest BCUT2D eigenvalue weighted by molar-refractivity contribution is 0.0557. The van der Waals surface area contributed by atoms with Crippen molar-refractivity contribution in [1.29, 1.82) is 0 Å². The molecular formula is C29H20BrF2N4O7PS. The number of hydrogen-bond acceptors (Lipinski definition) is 7. The molecule has 1 amide bonds. The molecule has 0 aliphatic carbocycles. The highest BCUT2D eigenvalue weighted by atomic mass is 79.9. The number of alkyl halides is 2. The summed E-state index contributed by atoms with van der Waals surface area (Å²) in [6.07, 6.45) is 2.89. The van der Waals surface area contributed by atoms with Crippen LogP contribution in [0, 0.1) is 0 Å². The number of aromatic nitrogens is 3. The molecule has 0 fully saturated rings. The van der Waals surface area contributed by atoms with Gasteiger partial charge >= 0.3 is 19.2 Å². The van der Waals surface area contributed by atoms with Crippen LogP contribution in [0.15, 0.2) is 101 Å². The zero-order valence-corrected chi connectivity index (χ0v) is 25.9. The van der Waals surface area contributed by atoms with Crippen molar-refractivity contribution in [2.45, 2.75) is 12.2 Å². The standard InChI is InChI=1S/C29H20BrF2N4O7PS/c30-24-13-17(7-8-23(24)29(31,32)44(40,41)42)16-36-28(34-25(37)18-9-11-33-12-10-18)45-26(35-36)19-3-1-5-21(14-19)43-22-6-2-4-20(15-22)27(38)39/h1-15H,16H2,(H,38,39)(H2,40,41,42)/b34-28+. The Morgan fingerprint density at radius 2 is 1.67 bits per heavy atom. The van der Waals surface area contributed by atoms with E-state index in [1.54, 1.807) is 36.4 Å². The van der Waals surface area contributed by atoms with Crippen molar-refractivity contribution < 1.29 is 42.6 Å². The number of ether oxygens (including phenoxy) is 1. The largest absolute Gasteiger partial charge is 0.478 e. The minimum atomic E-state index is -5.79. The monoisotopic (exact) mass is 716 g/mol. The Labute approximate surface area is 265 Å². The van der Waals surface area contributed by atoms with Gasteiger partial charge in [0.15, 0.2) is 0 Å². The normalized spacial score (nSPS) is 12.2. The fourth-order valence-electron chi connectivity index (χ4n) is 4.01. The SMILES string of the molecule is O=C(O)c1cccc(Oc2cccc(-c3nn(Cc4ccc(C(F)(F)P(=O)(O)O)c(Br)c4)/c(=N\C(=O)c4ccncc4)s3)c2)c1. The quantitative estimate of drug-likeness (QED) is 0.149. The molecule has 0 atom stereocenters. The molecule has 0 spiro atoms. The summed E-state index contributed by atoms with van der Waals surface area (Å²) >= 11 is 4.06. The predicted octanol–water partition coefficient (Wildman–Crippen LogP) is 6.28. The van der Waals surface area contributed by atoms with Crippen molar-refractivity contribution in [3.05, 3.63) is 123 Å². The number of halogens is 3. The Morgan fingerprint density at radius 1 is 0.978 bits per heavy atom. The fourth-order valence-corrected chi connectivity index (χ4v) is 6.24. The van der Waals surface area contributed by atoms with E-state index in [1.807, 2.05) is 0 Å². The van der Waals surface area contributed by atoms with Crippen molar-refractivity contribution in [1.82, 2.24) is 14.8 Å². The molecule has 2 aromatic heterocycles. The molecule has 11 nitrogen and oxygen atoms in total. The van der Waals surface area contributed by atoms with E-state index in [4.69, 9.17) is 14.5 Å². The van der Waals surface area contributed by atoms with Crippen LogP contribution in [0.3, 0.4) is 0 Å². The molecule has 0 saturated carbocycles. The first-order valence-corrected chi connectivity index (χ1v) is 15.9. The molecular weight excluding hydrogens is 697 g/mol. The minimum Gasteiger partial charge on any atom is -0.478 e. The molecule has 2 heterocycles. The number of carbonyl (C=O) groups excluding carboxylic acids is 1. The Balaban J connectivity index is 1.52. The number of nitrogens with zero attached hydrogens (tertiary/aromatic N) is 4. The number of rotatable bonds is 9. The summed E-state index contributed by atoms with van der Waals surface area (Å²) in [6.45, 7) is -0.0442. The molecule has 3 N–H and O–H groups in total. The van der Waals surface area contributed by atoms with Crippen LogP contribution in [0.25, 0.3) is 10.6 Å². The summed E-state index contributed by atoms with van der Waals surface area (Å²) in [5.74, 6) is -0.988. The van der Waals surface area contributed by atoms with Crippen molar-refractivity contribution in [2.24, 2.45) is 4.99 Å². The van der Waals surface area contributed by atoms with Crippen molar-refractivity contribution in [2.75, 3.05) is 0 Å². The number of aromatic carboxylic acids is 1. The number of pyridine rings is 1. The molecule has 0 saturated heterocycles. The second-order valence-corrected chi connectivity index (χ2v) is 12.8. The highest BCUT2D eigenvalue weighted by molar-refractivity contribution is 9.10. The number of amides is 1. The maximum Gasteiger partial charge on any atom is 0.399 e. The summed E-state index contributed by atoms with van der Waals surface area (Å²) < 4.78 is 47.1. The highest BCUT2D eigenvalue weighted by Gasteiger charge is 2.51. The first-order valence-electron chi connectivity index (χ1n) is 12.7. The van der Waals surface area contributed by atoms with Crippen LogP contribution in [0.4, 0.5) is 8.78 Å². The lowest BCUT2D eigenvalue weighted by atomic mass is 10.1. The second-order valence-electron chi connectivity index (χ2n) is 9.36. The second kappa shape index (κ2) is 12.9. The summed E-state index contributed by atoms with van der Waals surface area (Å²) in [6, 6.07) is 19.2. The number of carboxylic acid groups (broad SMARTS) is 1. The third-order valence-electron chi connectivity index (χ3n) is 6.20. The van der Waals surface area contributed by atoms with Gasteiger partial charge in [0.05, 0.1) is 12.1 Å². The van der Waals surface area contributed by atoms with Gasteiger partial charge in [-0.1, -0.05) is 57.6 Å². The third kappa shape index (κ3) is 7.30. The van der Waals surface area contributed by atoms with Gasteiger partial charge in [0.2, 0.25) is 4.80 Å². The van der Waals surface area contributed by atoms with E-state index >= 15 is 0 Å². The highest BCUT2D eigenvalue weighted by Crippen LogP contribution is 2.60. The van der Waals surface area contributed by atoms with Crippen LogP contribution < -0.4 is 9.54 Å². The van der Waals surface area contributed by atoms with Gasteiger partial charge in [0, 0.05) is 33.6 Å². The first kappa shape index (κ1) is 32.0. The number of hydrogen-bond donors (Lipinski definition) is 3. The molecule has 3 aromatic carbocycles. The maximum atomic E-state index is 14.4. The number of carboxylic acids is 1. The summed E-state index contributed by atoms with van der Waals surface area (Å²) in [5, 5.41) is 14.3. The molecule has 5 rings (SSSR count). The molecule has 0 radical (unpaired) electrons. The zero-order valence-electron chi connectivity index (χ0n) is 22.6. The Bertz CT molecular complexity index is 2030. The van der Waals surface area contributed by atoms with Crippen LogP contribution in [0.2, 0.25) is 0 Å². The summed E-state index contributed by atoms with van der Waals surface area (Å²) in [5.41, 5.74) is -3.97.